The zero-order valence-corrected chi connectivity index (χ0v) is 17.7. The summed E-state index contributed by atoms with van der Waals surface area (Å²) >= 11 is 0. The molecule has 2 aromatic carbocycles. The third kappa shape index (κ3) is 3.95. The second kappa shape index (κ2) is 8.71. The van der Waals surface area contributed by atoms with Crippen molar-refractivity contribution in [3.63, 3.8) is 0 Å². The Kier molecular flexibility index (Phi) is 5.84. The van der Waals surface area contributed by atoms with Crippen molar-refractivity contribution in [1.29, 1.82) is 0 Å². The summed E-state index contributed by atoms with van der Waals surface area (Å²) in [5, 5.41) is 1.16. The minimum absolute atomic E-state index is 0.0869. The molecule has 1 aliphatic heterocycles. The van der Waals surface area contributed by atoms with Gasteiger partial charge in [-0.3, -0.25) is 4.79 Å². The molecular weight excluding hydrogens is 397 g/mol. The molecule has 0 unspecified atom stereocenters. The number of carbonyl (C=O) groups is 1. The van der Waals surface area contributed by atoms with Crippen LogP contribution in [0.5, 0.6) is 11.5 Å². The van der Waals surface area contributed by atoms with Gasteiger partial charge in [0.15, 0.2) is 11.6 Å². The van der Waals surface area contributed by atoms with Gasteiger partial charge in [-0.25, -0.2) is 4.39 Å². The summed E-state index contributed by atoms with van der Waals surface area (Å²) < 4.78 is 25.2. The van der Waals surface area contributed by atoms with Gasteiger partial charge >= 0.3 is 0 Å². The summed E-state index contributed by atoms with van der Waals surface area (Å²) in [7, 11) is 1.67. The van der Waals surface area contributed by atoms with Crippen molar-refractivity contribution >= 4 is 22.9 Å². The molecule has 0 aliphatic carbocycles. The van der Waals surface area contributed by atoms with Crippen molar-refractivity contribution in [1.82, 2.24) is 9.88 Å². The highest BCUT2D eigenvalue weighted by Gasteiger charge is 2.23. The van der Waals surface area contributed by atoms with Crippen molar-refractivity contribution in [2.45, 2.75) is 19.8 Å². The van der Waals surface area contributed by atoms with Crippen LogP contribution < -0.4 is 15.2 Å². The number of aryl methyl sites for hydroxylation is 1. The van der Waals surface area contributed by atoms with Gasteiger partial charge in [-0.15, -0.1) is 0 Å². The van der Waals surface area contributed by atoms with Crippen molar-refractivity contribution in [2.24, 2.45) is 5.73 Å². The van der Waals surface area contributed by atoms with E-state index in [0.717, 1.165) is 48.3 Å². The lowest BCUT2D eigenvalue weighted by atomic mass is 10.0. The van der Waals surface area contributed by atoms with Crippen LogP contribution in [0.2, 0.25) is 0 Å². The summed E-state index contributed by atoms with van der Waals surface area (Å²) in [6.07, 6.45) is 5.68. The van der Waals surface area contributed by atoms with Gasteiger partial charge in [0.1, 0.15) is 12.4 Å². The first-order valence-electron chi connectivity index (χ1n) is 10.4. The molecule has 3 N–H and O–H groups in total. The molecule has 6 nitrogen and oxygen atoms in total. The number of nitrogens with one attached hydrogen (secondary N) is 1. The van der Waals surface area contributed by atoms with E-state index in [4.69, 9.17) is 15.2 Å². The van der Waals surface area contributed by atoms with Crippen LogP contribution in [0.3, 0.4) is 0 Å². The highest BCUT2D eigenvalue weighted by molar-refractivity contribution is 5.98. The average Bonchev–Trinajstić information content (AvgIpc) is 3.19. The van der Waals surface area contributed by atoms with Crippen molar-refractivity contribution < 1.29 is 18.7 Å². The highest BCUT2D eigenvalue weighted by Crippen LogP contribution is 2.33. The van der Waals surface area contributed by atoms with Gasteiger partial charge in [0.05, 0.1) is 23.9 Å². The van der Waals surface area contributed by atoms with Gasteiger partial charge in [0, 0.05) is 30.2 Å². The summed E-state index contributed by atoms with van der Waals surface area (Å²) in [4.78, 5) is 17.3. The van der Waals surface area contributed by atoms with Crippen LogP contribution in [0.1, 0.15) is 34.8 Å². The van der Waals surface area contributed by atoms with E-state index in [-0.39, 0.29) is 17.9 Å². The number of H-pyrrole nitrogens is 1. The smallest absolute Gasteiger partial charge is 0.249 e. The second-order valence-electron chi connectivity index (χ2n) is 7.51. The number of methoxy groups -OCH3 is 1. The number of nitrogens with two attached hydrogens (primary N) is 1. The Bertz CT molecular complexity index is 1150. The molecule has 1 amide bonds. The van der Waals surface area contributed by atoms with Crippen molar-refractivity contribution in [3.8, 4) is 11.5 Å². The molecule has 162 valence electrons. The maximum absolute atomic E-state index is 14.1. The number of primary amides is 1. The van der Waals surface area contributed by atoms with Crippen LogP contribution in [0, 0.1) is 5.82 Å². The number of benzene rings is 2. The lowest BCUT2D eigenvalue weighted by Gasteiger charge is -2.29. The van der Waals surface area contributed by atoms with Crippen LogP contribution in [0.4, 0.5) is 4.39 Å². The Morgan fingerprint density at radius 3 is 2.90 bits per heavy atom. The molecule has 0 saturated carbocycles. The lowest BCUT2D eigenvalue weighted by Crippen LogP contribution is -2.29. The molecular formula is C24H26FN3O3. The minimum atomic E-state index is -0.602. The fourth-order valence-electron chi connectivity index (χ4n) is 4.14. The predicted octanol–water partition coefficient (Wildman–Crippen LogP) is 4.10. The standard InChI is InChI=1S/C24H26FN3O3/c1-3-28(11-5-6-15-13-27-22-17(15)7-4-8-21(22)30-2)16-12-19-18(24(26)29)9-10-20(25)23(19)31-14-16/h4,7-10,12-13,27H,3,5-6,11,14H2,1-2H3,(H2,26,29). The molecule has 0 saturated heterocycles. The van der Waals surface area contributed by atoms with Gasteiger partial charge in [0.25, 0.3) is 0 Å². The second-order valence-corrected chi connectivity index (χ2v) is 7.51. The molecule has 0 atom stereocenters. The van der Waals surface area contributed by atoms with Gasteiger partial charge in [-0.05, 0) is 49.6 Å². The number of ether oxygens (including phenoxy) is 2. The van der Waals surface area contributed by atoms with Crippen LogP contribution >= 0.6 is 0 Å². The summed E-state index contributed by atoms with van der Waals surface area (Å²) in [6.45, 7) is 3.89. The monoisotopic (exact) mass is 423 g/mol. The van der Waals surface area contributed by atoms with Gasteiger partial charge in [-0.2, -0.15) is 0 Å². The molecule has 31 heavy (non-hydrogen) atoms. The van der Waals surface area contributed by atoms with Crippen LogP contribution in [-0.4, -0.2) is 42.6 Å². The maximum atomic E-state index is 14.1. The zero-order chi connectivity index (χ0) is 22.0. The third-order valence-electron chi connectivity index (χ3n) is 5.73. The molecule has 0 radical (unpaired) electrons. The van der Waals surface area contributed by atoms with Crippen LogP contribution in [0.25, 0.3) is 17.0 Å². The van der Waals surface area contributed by atoms with Crippen LogP contribution in [-0.2, 0) is 6.42 Å². The van der Waals surface area contributed by atoms with Crippen LogP contribution in [0.15, 0.2) is 42.2 Å². The number of carbonyl (C=O) groups excluding carboxylic acids is 1. The van der Waals surface area contributed by atoms with E-state index < -0.39 is 11.7 Å². The normalized spacial score (nSPS) is 12.8. The quantitative estimate of drug-likeness (QED) is 0.572. The summed E-state index contributed by atoms with van der Waals surface area (Å²) in [5.41, 5.74) is 9.30. The van der Waals surface area contributed by atoms with E-state index in [1.54, 1.807) is 7.11 Å². The first-order chi connectivity index (χ1) is 15.0. The SMILES string of the molecule is CCN(CCCc1c[nH]c2c(OC)cccc12)C1=Cc2c(C(N)=O)ccc(F)c2OC1. The molecule has 0 spiro atoms. The van der Waals surface area contributed by atoms with E-state index in [9.17, 15) is 9.18 Å². The first-order valence-corrected chi connectivity index (χ1v) is 10.4. The number of aromatic amines is 1. The highest BCUT2D eigenvalue weighted by atomic mass is 19.1. The molecule has 2 heterocycles. The van der Waals surface area contributed by atoms with Crippen molar-refractivity contribution in [2.75, 3.05) is 26.8 Å². The molecule has 3 aromatic rings. The Morgan fingerprint density at radius 2 is 2.16 bits per heavy atom. The molecule has 7 heteroatoms. The number of hydrogen-bond acceptors (Lipinski definition) is 4. The molecule has 0 fully saturated rings. The number of nitrogens with zero attached hydrogens (tertiary/aromatic N) is 1. The first kappa shape index (κ1) is 20.8. The number of amides is 1. The number of para-hydroxylation sites is 1. The topological polar surface area (TPSA) is 80.6 Å². The van der Waals surface area contributed by atoms with Gasteiger partial charge < -0.3 is 25.1 Å². The van der Waals surface area contributed by atoms with E-state index in [1.807, 2.05) is 24.4 Å². The fraction of sp³-hybridized carbons (Fsp3) is 0.292. The summed E-state index contributed by atoms with van der Waals surface area (Å²) in [6, 6.07) is 8.65. The van der Waals surface area contributed by atoms with Gasteiger partial charge in [0.2, 0.25) is 5.91 Å². The maximum Gasteiger partial charge on any atom is 0.249 e. The molecule has 1 aromatic heterocycles. The average molecular weight is 423 g/mol. The van der Waals surface area contributed by atoms with E-state index in [0.29, 0.717) is 5.56 Å². The Morgan fingerprint density at radius 1 is 1.32 bits per heavy atom. The zero-order valence-electron chi connectivity index (χ0n) is 17.7. The number of aromatic nitrogens is 1. The van der Waals surface area contributed by atoms with Crippen molar-refractivity contribution in [3.05, 3.63) is 64.7 Å². The molecule has 0 bridgehead atoms. The Labute approximate surface area is 180 Å². The van der Waals surface area contributed by atoms with E-state index in [2.05, 4.69) is 22.9 Å². The van der Waals surface area contributed by atoms with E-state index in [1.165, 1.54) is 17.7 Å². The lowest BCUT2D eigenvalue weighted by molar-refractivity contribution is 0.0999. The Hall–Kier alpha value is -3.48. The Balaban J connectivity index is 1.50. The minimum Gasteiger partial charge on any atom is -0.495 e. The fourth-order valence-corrected chi connectivity index (χ4v) is 4.14. The summed E-state index contributed by atoms with van der Waals surface area (Å²) in [5.74, 6) is -0.174. The number of rotatable bonds is 8. The third-order valence-corrected chi connectivity index (χ3v) is 5.73. The largest absolute Gasteiger partial charge is 0.495 e. The predicted molar refractivity (Wildman–Crippen MR) is 119 cm³/mol. The number of likely N-dealkylation sites (N-methyl/N-ethyl adjacent to an activating group) is 1. The number of hydrogen-bond donors (Lipinski definition) is 2. The molecule has 1 aliphatic rings. The van der Waals surface area contributed by atoms with E-state index >= 15 is 0 Å². The number of halogens is 1. The number of fused-ring (bicyclic) bond motifs is 2. The van der Waals surface area contributed by atoms with Gasteiger partial charge in [-0.1, -0.05) is 12.1 Å². The molecule has 4 rings (SSSR count).